The van der Waals surface area contributed by atoms with Gasteiger partial charge >= 0.3 is 5.97 Å². The standard InChI is InChI=1S/C20H21N3O4S/c1-4-27-20(26)17-13(2)16-18(28-17)21-12-23(19(16)25)11-15(24)22(3)10-14-8-6-5-7-9-14/h5-9,12H,4,10-11H2,1-3H3. The lowest BCUT2D eigenvalue weighted by Crippen LogP contribution is -2.33. The number of rotatable bonds is 6. The molecule has 1 amide bonds. The van der Waals surface area contributed by atoms with Crippen molar-refractivity contribution < 1.29 is 14.3 Å². The molecule has 0 saturated heterocycles. The van der Waals surface area contributed by atoms with Crippen LogP contribution in [0.25, 0.3) is 10.2 Å². The maximum atomic E-state index is 12.9. The highest BCUT2D eigenvalue weighted by molar-refractivity contribution is 7.20. The summed E-state index contributed by atoms with van der Waals surface area (Å²) in [6.07, 6.45) is 1.35. The second kappa shape index (κ2) is 8.35. The van der Waals surface area contributed by atoms with Crippen LogP contribution >= 0.6 is 11.3 Å². The molecule has 0 saturated carbocycles. The van der Waals surface area contributed by atoms with Gasteiger partial charge in [-0.15, -0.1) is 11.3 Å². The highest BCUT2D eigenvalue weighted by Crippen LogP contribution is 2.27. The minimum atomic E-state index is -0.465. The Balaban J connectivity index is 1.84. The maximum absolute atomic E-state index is 12.9. The molecule has 0 aliphatic rings. The van der Waals surface area contributed by atoms with Crippen molar-refractivity contribution in [2.45, 2.75) is 26.9 Å². The lowest BCUT2D eigenvalue weighted by molar-refractivity contribution is -0.131. The molecule has 0 fully saturated rings. The SMILES string of the molecule is CCOC(=O)c1sc2ncn(CC(=O)N(C)Cc3ccccc3)c(=O)c2c1C. The summed E-state index contributed by atoms with van der Waals surface area (Å²) in [6, 6.07) is 9.62. The van der Waals surface area contributed by atoms with E-state index in [0.717, 1.165) is 16.9 Å². The molecule has 3 rings (SSSR count). The summed E-state index contributed by atoms with van der Waals surface area (Å²) in [5.41, 5.74) is 1.21. The fourth-order valence-corrected chi connectivity index (χ4v) is 3.91. The van der Waals surface area contributed by atoms with Crippen molar-refractivity contribution in [1.82, 2.24) is 14.5 Å². The molecular formula is C20H21N3O4S. The van der Waals surface area contributed by atoms with Crippen molar-refractivity contribution in [1.29, 1.82) is 0 Å². The minimum absolute atomic E-state index is 0.116. The number of esters is 1. The van der Waals surface area contributed by atoms with Crippen LogP contribution in [0.5, 0.6) is 0 Å². The summed E-state index contributed by atoms with van der Waals surface area (Å²) in [5, 5.41) is 0.356. The first-order valence-corrected chi connectivity index (χ1v) is 9.67. The first-order valence-electron chi connectivity index (χ1n) is 8.86. The molecule has 28 heavy (non-hydrogen) atoms. The Morgan fingerprint density at radius 3 is 2.64 bits per heavy atom. The Labute approximate surface area is 166 Å². The van der Waals surface area contributed by atoms with Crippen LogP contribution in [0, 0.1) is 6.92 Å². The minimum Gasteiger partial charge on any atom is -0.462 e. The Morgan fingerprint density at radius 1 is 1.25 bits per heavy atom. The fourth-order valence-electron chi connectivity index (χ4n) is 2.88. The molecule has 0 aliphatic heterocycles. The number of hydrogen-bond acceptors (Lipinski definition) is 6. The van der Waals surface area contributed by atoms with E-state index in [9.17, 15) is 14.4 Å². The van der Waals surface area contributed by atoms with Crippen molar-refractivity contribution in [3.63, 3.8) is 0 Å². The van der Waals surface area contributed by atoms with Gasteiger partial charge in [-0.1, -0.05) is 30.3 Å². The van der Waals surface area contributed by atoms with Gasteiger partial charge in [-0.3, -0.25) is 14.2 Å². The van der Waals surface area contributed by atoms with Crippen LogP contribution in [0.2, 0.25) is 0 Å². The van der Waals surface area contributed by atoms with Crippen molar-refractivity contribution in [3.05, 3.63) is 63.0 Å². The van der Waals surface area contributed by atoms with Crippen LogP contribution in [-0.2, 0) is 22.6 Å². The molecule has 0 atom stereocenters. The predicted molar refractivity (Wildman–Crippen MR) is 107 cm³/mol. The van der Waals surface area contributed by atoms with E-state index in [2.05, 4.69) is 4.98 Å². The summed E-state index contributed by atoms with van der Waals surface area (Å²) in [5.74, 6) is -0.668. The molecule has 0 spiro atoms. The molecule has 0 radical (unpaired) electrons. The Hall–Kier alpha value is -3.00. The van der Waals surface area contributed by atoms with Crippen molar-refractivity contribution in [2.75, 3.05) is 13.7 Å². The summed E-state index contributed by atoms with van der Waals surface area (Å²) in [6.45, 7) is 4.02. The molecule has 3 aromatic rings. The van der Waals surface area contributed by atoms with Gasteiger partial charge in [0.15, 0.2) is 0 Å². The zero-order chi connectivity index (χ0) is 20.3. The number of carbonyl (C=O) groups excluding carboxylic acids is 2. The number of benzene rings is 1. The smallest absolute Gasteiger partial charge is 0.348 e. The first-order chi connectivity index (χ1) is 13.4. The number of aromatic nitrogens is 2. The molecular weight excluding hydrogens is 378 g/mol. The third-order valence-corrected chi connectivity index (χ3v) is 5.55. The van der Waals surface area contributed by atoms with Crippen LogP contribution in [0.4, 0.5) is 0 Å². The molecule has 8 heteroatoms. The van der Waals surface area contributed by atoms with E-state index in [0.29, 0.717) is 27.2 Å². The second-order valence-corrected chi connectivity index (χ2v) is 7.37. The lowest BCUT2D eigenvalue weighted by Gasteiger charge is -2.17. The highest BCUT2D eigenvalue weighted by Gasteiger charge is 2.21. The van der Waals surface area contributed by atoms with Gasteiger partial charge in [0, 0.05) is 13.6 Å². The van der Waals surface area contributed by atoms with E-state index in [-0.39, 0.29) is 24.6 Å². The fraction of sp³-hybridized carbons (Fsp3) is 0.300. The van der Waals surface area contributed by atoms with Crippen LogP contribution in [0.15, 0.2) is 41.5 Å². The Morgan fingerprint density at radius 2 is 1.96 bits per heavy atom. The molecule has 0 bridgehead atoms. The number of likely N-dealkylation sites (N-methyl/N-ethyl adjacent to an activating group) is 1. The van der Waals surface area contributed by atoms with Gasteiger partial charge < -0.3 is 9.64 Å². The number of ether oxygens (including phenoxy) is 1. The van der Waals surface area contributed by atoms with E-state index in [1.165, 1.54) is 10.9 Å². The van der Waals surface area contributed by atoms with E-state index in [1.54, 1.807) is 25.8 Å². The zero-order valence-corrected chi connectivity index (χ0v) is 16.8. The molecule has 7 nitrogen and oxygen atoms in total. The highest BCUT2D eigenvalue weighted by atomic mass is 32.1. The maximum Gasteiger partial charge on any atom is 0.348 e. The monoisotopic (exact) mass is 399 g/mol. The average molecular weight is 399 g/mol. The molecule has 0 aliphatic carbocycles. The van der Waals surface area contributed by atoms with Crippen LogP contribution < -0.4 is 5.56 Å². The summed E-state index contributed by atoms with van der Waals surface area (Å²) >= 11 is 1.13. The predicted octanol–water partition coefficient (Wildman–Crippen LogP) is 2.60. The Kier molecular flexibility index (Phi) is 5.89. The van der Waals surface area contributed by atoms with Gasteiger partial charge in [0.2, 0.25) is 5.91 Å². The third kappa shape index (κ3) is 3.96. The summed E-state index contributed by atoms with van der Waals surface area (Å²) in [7, 11) is 1.70. The summed E-state index contributed by atoms with van der Waals surface area (Å²) < 4.78 is 6.31. The van der Waals surface area contributed by atoms with Gasteiger partial charge in [0.25, 0.3) is 5.56 Å². The first kappa shape index (κ1) is 19.8. The molecule has 1 aromatic carbocycles. The number of hydrogen-bond donors (Lipinski definition) is 0. The van der Waals surface area contributed by atoms with Gasteiger partial charge in [-0.2, -0.15) is 0 Å². The van der Waals surface area contributed by atoms with Gasteiger partial charge in [0.1, 0.15) is 16.3 Å². The molecule has 0 unspecified atom stereocenters. The second-order valence-electron chi connectivity index (χ2n) is 6.37. The quantitative estimate of drug-likeness (QED) is 0.595. The number of fused-ring (bicyclic) bond motifs is 1. The van der Waals surface area contributed by atoms with E-state index in [1.807, 2.05) is 30.3 Å². The van der Waals surface area contributed by atoms with Crippen LogP contribution in [0.1, 0.15) is 27.7 Å². The number of aryl methyl sites for hydroxylation is 1. The van der Waals surface area contributed by atoms with Crippen LogP contribution in [-0.4, -0.2) is 40.0 Å². The van der Waals surface area contributed by atoms with E-state index in [4.69, 9.17) is 4.74 Å². The molecule has 2 heterocycles. The van der Waals surface area contributed by atoms with Gasteiger partial charge in [-0.05, 0) is 25.0 Å². The third-order valence-electron chi connectivity index (χ3n) is 4.37. The van der Waals surface area contributed by atoms with Gasteiger partial charge in [-0.25, -0.2) is 9.78 Å². The number of nitrogens with zero attached hydrogens (tertiary/aromatic N) is 3. The topological polar surface area (TPSA) is 81.5 Å². The van der Waals surface area contributed by atoms with Crippen molar-refractivity contribution in [3.8, 4) is 0 Å². The molecule has 146 valence electrons. The largest absolute Gasteiger partial charge is 0.462 e. The lowest BCUT2D eigenvalue weighted by atomic mass is 10.2. The van der Waals surface area contributed by atoms with Crippen LogP contribution in [0.3, 0.4) is 0 Å². The van der Waals surface area contributed by atoms with Crippen molar-refractivity contribution >= 4 is 33.4 Å². The number of carbonyl (C=O) groups is 2. The molecule has 2 aromatic heterocycles. The summed E-state index contributed by atoms with van der Waals surface area (Å²) in [4.78, 5) is 44.1. The van der Waals surface area contributed by atoms with E-state index >= 15 is 0 Å². The number of thiophene rings is 1. The zero-order valence-electron chi connectivity index (χ0n) is 16.0. The Bertz CT molecular complexity index is 1070. The van der Waals surface area contributed by atoms with E-state index < -0.39 is 5.97 Å². The van der Waals surface area contributed by atoms with Crippen molar-refractivity contribution in [2.24, 2.45) is 0 Å². The normalized spacial score (nSPS) is 10.8. The van der Waals surface area contributed by atoms with Gasteiger partial charge in [0.05, 0.1) is 18.3 Å². The average Bonchev–Trinajstić information content (AvgIpc) is 3.02. The molecule has 0 N–H and O–H groups in total. The number of amides is 1.